The SMILES string of the molecule is CCS(=O)(=O)Nc1nc(Cl)c(C(F)(F)F)cc1N. The summed E-state index contributed by atoms with van der Waals surface area (Å²) in [6.45, 7) is 1.35. The number of alkyl halides is 3. The number of nitrogens with zero attached hydrogens (tertiary/aromatic N) is 1. The van der Waals surface area contributed by atoms with Gasteiger partial charge in [0.15, 0.2) is 5.82 Å². The molecule has 18 heavy (non-hydrogen) atoms. The van der Waals surface area contributed by atoms with Crippen LogP contribution in [-0.2, 0) is 16.2 Å². The van der Waals surface area contributed by atoms with Crippen LogP contribution in [0.3, 0.4) is 0 Å². The number of nitrogen functional groups attached to an aromatic ring is 1. The van der Waals surface area contributed by atoms with Crippen LogP contribution < -0.4 is 10.5 Å². The van der Waals surface area contributed by atoms with E-state index in [1.165, 1.54) is 6.92 Å². The maximum absolute atomic E-state index is 12.4. The van der Waals surface area contributed by atoms with Crippen LogP contribution in [0.25, 0.3) is 0 Å². The van der Waals surface area contributed by atoms with Crippen molar-refractivity contribution in [1.82, 2.24) is 4.98 Å². The Morgan fingerprint density at radius 3 is 2.50 bits per heavy atom. The zero-order chi connectivity index (χ0) is 14.1. The molecule has 0 atom stereocenters. The van der Waals surface area contributed by atoms with E-state index in [4.69, 9.17) is 17.3 Å². The molecule has 0 aromatic carbocycles. The van der Waals surface area contributed by atoms with Gasteiger partial charge in [-0.2, -0.15) is 13.2 Å². The zero-order valence-electron chi connectivity index (χ0n) is 9.05. The molecular formula is C8H9ClF3N3O2S. The molecule has 1 heterocycles. The fraction of sp³-hybridized carbons (Fsp3) is 0.375. The number of nitrogens with one attached hydrogen (secondary N) is 1. The van der Waals surface area contributed by atoms with E-state index in [1.807, 2.05) is 4.72 Å². The van der Waals surface area contributed by atoms with Gasteiger partial charge >= 0.3 is 6.18 Å². The largest absolute Gasteiger partial charge is 0.419 e. The molecule has 1 aromatic heterocycles. The quantitative estimate of drug-likeness (QED) is 0.837. The van der Waals surface area contributed by atoms with Gasteiger partial charge in [0.05, 0.1) is 17.0 Å². The fourth-order valence-corrected chi connectivity index (χ4v) is 1.85. The average Bonchev–Trinajstić information content (AvgIpc) is 2.21. The topological polar surface area (TPSA) is 85.1 Å². The highest BCUT2D eigenvalue weighted by Crippen LogP contribution is 2.36. The Kier molecular flexibility index (Phi) is 3.96. The number of pyridine rings is 1. The highest BCUT2D eigenvalue weighted by atomic mass is 35.5. The minimum atomic E-state index is -4.71. The molecule has 0 unspecified atom stereocenters. The third-order valence-electron chi connectivity index (χ3n) is 1.94. The van der Waals surface area contributed by atoms with Crippen molar-refractivity contribution in [2.75, 3.05) is 16.2 Å². The van der Waals surface area contributed by atoms with Gasteiger partial charge in [0.2, 0.25) is 10.0 Å². The molecular weight excluding hydrogens is 295 g/mol. The summed E-state index contributed by atoms with van der Waals surface area (Å²) in [7, 11) is -3.69. The van der Waals surface area contributed by atoms with E-state index in [0.717, 1.165) is 0 Å². The first-order chi connectivity index (χ1) is 8.07. The minimum absolute atomic E-state index is 0.271. The molecule has 5 nitrogen and oxygen atoms in total. The molecule has 0 aliphatic heterocycles. The Bertz CT molecular complexity index is 559. The molecule has 0 aliphatic carbocycles. The molecule has 1 rings (SSSR count). The predicted octanol–water partition coefficient (Wildman–Crippen LogP) is 2.10. The summed E-state index contributed by atoms with van der Waals surface area (Å²) < 4.78 is 61.8. The number of rotatable bonds is 3. The Hall–Kier alpha value is -1.22. The van der Waals surface area contributed by atoms with E-state index in [-0.39, 0.29) is 5.75 Å². The van der Waals surface area contributed by atoms with Gasteiger partial charge < -0.3 is 5.73 Å². The van der Waals surface area contributed by atoms with Crippen LogP contribution in [0.2, 0.25) is 5.15 Å². The molecule has 0 saturated carbocycles. The Morgan fingerprint density at radius 2 is 2.06 bits per heavy atom. The summed E-state index contributed by atoms with van der Waals surface area (Å²) in [6.07, 6.45) is -4.71. The maximum atomic E-state index is 12.4. The molecule has 1 aromatic rings. The molecule has 0 spiro atoms. The van der Waals surface area contributed by atoms with E-state index in [1.54, 1.807) is 0 Å². The second kappa shape index (κ2) is 4.81. The lowest BCUT2D eigenvalue weighted by Gasteiger charge is -2.13. The maximum Gasteiger partial charge on any atom is 0.419 e. The van der Waals surface area contributed by atoms with Gasteiger partial charge in [-0.3, -0.25) is 4.72 Å². The number of aromatic nitrogens is 1. The molecule has 10 heteroatoms. The number of halogens is 4. The number of hydrogen-bond donors (Lipinski definition) is 2. The van der Waals surface area contributed by atoms with Gasteiger partial charge in [-0.1, -0.05) is 11.6 Å². The normalized spacial score (nSPS) is 12.5. The lowest BCUT2D eigenvalue weighted by Crippen LogP contribution is -2.18. The van der Waals surface area contributed by atoms with Gasteiger partial charge in [0, 0.05) is 0 Å². The lowest BCUT2D eigenvalue weighted by molar-refractivity contribution is -0.137. The van der Waals surface area contributed by atoms with Crippen molar-refractivity contribution in [1.29, 1.82) is 0 Å². The predicted molar refractivity (Wildman–Crippen MR) is 61.7 cm³/mol. The molecule has 0 saturated heterocycles. The minimum Gasteiger partial charge on any atom is -0.396 e. The van der Waals surface area contributed by atoms with Crippen LogP contribution in [-0.4, -0.2) is 19.2 Å². The van der Waals surface area contributed by atoms with Crippen LogP contribution in [0.5, 0.6) is 0 Å². The Morgan fingerprint density at radius 1 is 1.50 bits per heavy atom. The summed E-state index contributed by atoms with van der Waals surface area (Å²) >= 11 is 5.34. The zero-order valence-corrected chi connectivity index (χ0v) is 10.6. The lowest BCUT2D eigenvalue weighted by atomic mass is 10.2. The number of anilines is 2. The van der Waals surface area contributed by atoms with E-state index in [0.29, 0.717) is 6.07 Å². The van der Waals surface area contributed by atoms with Crippen LogP contribution >= 0.6 is 11.6 Å². The Balaban J connectivity index is 3.24. The van der Waals surface area contributed by atoms with Gasteiger partial charge in [0.25, 0.3) is 0 Å². The molecule has 0 aliphatic rings. The molecule has 3 N–H and O–H groups in total. The summed E-state index contributed by atoms with van der Waals surface area (Å²) in [4.78, 5) is 3.30. The van der Waals surface area contributed by atoms with Crippen molar-refractivity contribution in [3.8, 4) is 0 Å². The summed E-state index contributed by atoms with van der Waals surface area (Å²) in [6, 6.07) is 0.531. The third kappa shape index (κ3) is 3.39. The molecule has 0 amide bonds. The van der Waals surface area contributed by atoms with Crippen molar-refractivity contribution >= 4 is 33.1 Å². The van der Waals surface area contributed by atoms with Crippen molar-refractivity contribution in [3.63, 3.8) is 0 Å². The van der Waals surface area contributed by atoms with Gasteiger partial charge in [-0.25, -0.2) is 13.4 Å². The smallest absolute Gasteiger partial charge is 0.396 e. The van der Waals surface area contributed by atoms with Crippen LogP contribution in [0, 0.1) is 0 Å². The number of hydrogen-bond acceptors (Lipinski definition) is 4. The number of nitrogens with two attached hydrogens (primary N) is 1. The fourth-order valence-electron chi connectivity index (χ4n) is 1.01. The molecule has 0 bridgehead atoms. The van der Waals surface area contributed by atoms with E-state index in [2.05, 4.69) is 4.98 Å². The first-order valence-corrected chi connectivity index (χ1v) is 6.63. The highest BCUT2D eigenvalue weighted by molar-refractivity contribution is 7.92. The monoisotopic (exact) mass is 303 g/mol. The van der Waals surface area contributed by atoms with Gasteiger partial charge in [-0.15, -0.1) is 0 Å². The van der Waals surface area contributed by atoms with Crippen molar-refractivity contribution in [2.45, 2.75) is 13.1 Å². The summed E-state index contributed by atoms with van der Waals surface area (Å²) in [5.41, 5.74) is 3.62. The standard InChI is InChI=1S/C8H9ClF3N3O2S/c1-2-18(16,17)15-7-5(13)3-4(6(9)14-7)8(10,11)12/h3H,2,13H2,1H3,(H,14,15). The molecule has 0 fully saturated rings. The van der Waals surface area contributed by atoms with E-state index in [9.17, 15) is 21.6 Å². The molecule has 0 radical (unpaired) electrons. The van der Waals surface area contributed by atoms with Gasteiger partial charge in [-0.05, 0) is 13.0 Å². The first-order valence-electron chi connectivity index (χ1n) is 4.60. The van der Waals surface area contributed by atoms with Gasteiger partial charge in [0.1, 0.15) is 5.15 Å². The summed E-state index contributed by atoms with van der Waals surface area (Å²) in [5, 5.41) is -0.870. The molecule has 102 valence electrons. The van der Waals surface area contributed by atoms with Crippen LogP contribution in [0.4, 0.5) is 24.7 Å². The highest BCUT2D eigenvalue weighted by Gasteiger charge is 2.35. The van der Waals surface area contributed by atoms with Crippen molar-refractivity contribution < 1.29 is 21.6 Å². The Labute approximate surface area is 106 Å². The van der Waals surface area contributed by atoms with Crippen LogP contribution in [0.1, 0.15) is 12.5 Å². The summed E-state index contributed by atoms with van der Waals surface area (Å²) in [5.74, 6) is -0.693. The second-order valence-electron chi connectivity index (χ2n) is 3.27. The van der Waals surface area contributed by atoms with Crippen LogP contribution in [0.15, 0.2) is 6.07 Å². The first kappa shape index (κ1) is 14.8. The third-order valence-corrected chi connectivity index (χ3v) is 3.50. The van der Waals surface area contributed by atoms with Crippen molar-refractivity contribution in [2.24, 2.45) is 0 Å². The van der Waals surface area contributed by atoms with E-state index >= 15 is 0 Å². The number of sulfonamides is 1. The van der Waals surface area contributed by atoms with E-state index < -0.39 is 38.4 Å². The van der Waals surface area contributed by atoms with Crippen molar-refractivity contribution in [3.05, 3.63) is 16.8 Å². The average molecular weight is 304 g/mol. The second-order valence-corrected chi connectivity index (χ2v) is 5.64.